The summed E-state index contributed by atoms with van der Waals surface area (Å²) in [6.07, 6.45) is 1.36. The van der Waals surface area contributed by atoms with Gasteiger partial charge in [-0.15, -0.1) is 5.10 Å². The van der Waals surface area contributed by atoms with Crippen molar-refractivity contribution in [3.05, 3.63) is 82.6 Å². The predicted molar refractivity (Wildman–Crippen MR) is 125 cm³/mol. The summed E-state index contributed by atoms with van der Waals surface area (Å²) in [6, 6.07) is 18.0. The molecule has 0 spiro atoms. The molecular formula is C23H16ClN5O3S. The van der Waals surface area contributed by atoms with E-state index in [0.717, 1.165) is 16.9 Å². The van der Waals surface area contributed by atoms with E-state index < -0.39 is 5.91 Å². The third kappa shape index (κ3) is 5.26. The first kappa shape index (κ1) is 22.2. The number of pyridine rings is 1. The molecule has 1 N–H and O–H groups in total. The number of carbonyl (C=O) groups is 1. The number of nitriles is 1. The summed E-state index contributed by atoms with van der Waals surface area (Å²) in [4.78, 5) is 17.1. The predicted octanol–water partition coefficient (Wildman–Crippen LogP) is 4.97. The number of nitrogens with one attached hydrogen (secondary N) is 1. The molecule has 4 aromatic rings. The number of nitrogens with zero attached hydrogens (tertiary/aromatic N) is 4. The van der Waals surface area contributed by atoms with Crippen LogP contribution in [-0.4, -0.2) is 28.2 Å². The van der Waals surface area contributed by atoms with Gasteiger partial charge in [0.15, 0.2) is 0 Å². The average Bonchev–Trinajstić information content (AvgIpc) is 3.30. The van der Waals surface area contributed by atoms with Gasteiger partial charge in [-0.2, -0.15) is 5.26 Å². The quantitative estimate of drug-likeness (QED) is 0.400. The number of para-hydroxylation sites is 1. The van der Waals surface area contributed by atoms with Gasteiger partial charge >= 0.3 is 0 Å². The van der Waals surface area contributed by atoms with Crippen molar-refractivity contribution in [1.82, 2.24) is 15.2 Å². The molecule has 164 valence electrons. The lowest BCUT2D eigenvalue weighted by atomic mass is 9.99. The number of methoxy groups -OCH3 is 1. The van der Waals surface area contributed by atoms with E-state index in [0.29, 0.717) is 27.1 Å². The Balaban J connectivity index is 1.53. The van der Waals surface area contributed by atoms with Gasteiger partial charge in [-0.3, -0.25) is 10.1 Å². The minimum absolute atomic E-state index is 0.182. The Labute approximate surface area is 198 Å². The van der Waals surface area contributed by atoms with Crippen molar-refractivity contribution in [3.8, 4) is 28.1 Å². The van der Waals surface area contributed by atoms with Crippen molar-refractivity contribution >= 4 is 34.0 Å². The van der Waals surface area contributed by atoms with Gasteiger partial charge in [0.05, 0.1) is 12.7 Å². The third-order valence-electron chi connectivity index (χ3n) is 4.56. The molecule has 0 aliphatic heterocycles. The Morgan fingerprint density at radius 2 is 1.94 bits per heavy atom. The number of anilines is 1. The van der Waals surface area contributed by atoms with Crippen LogP contribution in [0.15, 0.2) is 60.8 Å². The first-order chi connectivity index (χ1) is 16.1. The molecule has 2 heterocycles. The molecule has 0 bridgehead atoms. The number of benzene rings is 2. The summed E-state index contributed by atoms with van der Waals surface area (Å²) in [5, 5.41) is 21.1. The third-order valence-corrected chi connectivity index (χ3v) is 5.57. The lowest BCUT2D eigenvalue weighted by Gasteiger charge is -2.12. The number of hydrogen-bond donors (Lipinski definition) is 1. The average molecular weight is 478 g/mol. The van der Waals surface area contributed by atoms with Crippen molar-refractivity contribution in [2.24, 2.45) is 0 Å². The Bertz CT molecular complexity index is 1330. The molecule has 33 heavy (non-hydrogen) atoms. The van der Waals surface area contributed by atoms with E-state index in [-0.39, 0.29) is 23.0 Å². The molecule has 4 rings (SSSR count). The zero-order chi connectivity index (χ0) is 23.2. The number of hydrogen-bond acceptors (Lipinski definition) is 8. The molecule has 0 atom stereocenters. The van der Waals surface area contributed by atoms with Crippen LogP contribution in [0, 0.1) is 11.3 Å². The van der Waals surface area contributed by atoms with Crippen LogP contribution in [0.5, 0.6) is 10.9 Å². The maximum Gasteiger partial charge on any atom is 0.296 e. The van der Waals surface area contributed by atoms with Crippen LogP contribution < -0.4 is 14.8 Å². The Kier molecular flexibility index (Phi) is 6.78. The van der Waals surface area contributed by atoms with Gasteiger partial charge in [0.2, 0.25) is 5.13 Å². The summed E-state index contributed by atoms with van der Waals surface area (Å²) in [5.41, 5.74) is 2.54. The Morgan fingerprint density at radius 3 is 2.70 bits per heavy atom. The molecule has 0 fully saturated rings. The lowest BCUT2D eigenvalue weighted by molar-refractivity contribution is 0.102. The molecule has 0 aliphatic rings. The second-order valence-corrected chi connectivity index (χ2v) is 8.05. The van der Waals surface area contributed by atoms with Crippen LogP contribution in [0.1, 0.15) is 21.6 Å². The molecule has 10 heteroatoms. The van der Waals surface area contributed by atoms with E-state index in [1.54, 1.807) is 30.3 Å². The maximum absolute atomic E-state index is 13.0. The van der Waals surface area contributed by atoms with Gasteiger partial charge in [0.25, 0.3) is 11.1 Å². The Hall–Kier alpha value is -4.00. The Morgan fingerprint density at radius 1 is 1.15 bits per heavy atom. The fourth-order valence-corrected chi connectivity index (χ4v) is 3.71. The zero-order valence-corrected chi connectivity index (χ0v) is 18.9. The van der Waals surface area contributed by atoms with Crippen LogP contribution in [0.3, 0.4) is 0 Å². The second-order valence-electron chi connectivity index (χ2n) is 6.67. The van der Waals surface area contributed by atoms with Crippen LogP contribution in [-0.2, 0) is 6.61 Å². The minimum atomic E-state index is -0.451. The maximum atomic E-state index is 13.0. The fourth-order valence-electron chi connectivity index (χ4n) is 3.00. The number of aromatic nitrogens is 3. The van der Waals surface area contributed by atoms with E-state index in [1.165, 1.54) is 13.3 Å². The standard InChI is InChI=1S/C23H16ClN5O3S/c1-31-20-5-3-2-4-17(20)18-10-16(11-25)26-12-19(18)21(30)27-22-28-29-23(33-22)32-13-14-6-8-15(24)9-7-14/h2-10,12H,13H2,1H3,(H,27,28,30). The van der Waals surface area contributed by atoms with E-state index in [2.05, 4.69) is 20.5 Å². The van der Waals surface area contributed by atoms with Crippen LogP contribution >= 0.6 is 22.9 Å². The highest BCUT2D eigenvalue weighted by molar-refractivity contribution is 7.17. The zero-order valence-electron chi connectivity index (χ0n) is 17.3. The van der Waals surface area contributed by atoms with E-state index >= 15 is 0 Å². The van der Waals surface area contributed by atoms with Gasteiger partial charge in [-0.25, -0.2) is 4.98 Å². The van der Waals surface area contributed by atoms with Gasteiger partial charge in [0.1, 0.15) is 24.1 Å². The topological polar surface area (TPSA) is 110 Å². The molecule has 2 aromatic carbocycles. The highest BCUT2D eigenvalue weighted by Gasteiger charge is 2.19. The van der Waals surface area contributed by atoms with E-state index in [9.17, 15) is 10.1 Å². The van der Waals surface area contributed by atoms with Gasteiger partial charge in [-0.1, -0.05) is 47.0 Å². The van der Waals surface area contributed by atoms with Crippen LogP contribution in [0.4, 0.5) is 5.13 Å². The molecule has 0 saturated carbocycles. The van der Waals surface area contributed by atoms with Crippen molar-refractivity contribution in [3.63, 3.8) is 0 Å². The van der Waals surface area contributed by atoms with Crippen molar-refractivity contribution < 1.29 is 14.3 Å². The van der Waals surface area contributed by atoms with Gasteiger partial charge in [-0.05, 0) is 41.2 Å². The number of amides is 1. The number of halogens is 1. The van der Waals surface area contributed by atoms with Crippen molar-refractivity contribution in [2.75, 3.05) is 12.4 Å². The molecule has 0 unspecified atom stereocenters. The minimum Gasteiger partial charge on any atom is -0.496 e. The molecule has 0 saturated heterocycles. The molecular weight excluding hydrogens is 462 g/mol. The molecule has 8 nitrogen and oxygen atoms in total. The second kappa shape index (κ2) is 10.1. The van der Waals surface area contributed by atoms with E-state index in [1.807, 2.05) is 30.3 Å². The molecule has 0 aliphatic carbocycles. The highest BCUT2D eigenvalue weighted by atomic mass is 35.5. The SMILES string of the molecule is COc1ccccc1-c1cc(C#N)ncc1C(=O)Nc1nnc(OCc2ccc(Cl)cc2)s1. The normalized spacial score (nSPS) is 10.3. The summed E-state index contributed by atoms with van der Waals surface area (Å²) in [7, 11) is 1.54. The van der Waals surface area contributed by atoms with E-state index in [4.69, 9.17) is 21.1 Å². The van der Waals surface area contributed by atoms with Gasteiger partial charge < -0.3 is 9.47 Å². The smallest absolute Gasteiger partial charge is 0.296 e. The number of ether oxygens (including phenoxy) is 2. The summed E-state index contributed by atoms with van der Waals surface area (Å²) >= 11 is 6.98. The molecule has 1 amide bonds. The number of carbonyl (C=O) groups excluding carboxylic acids is 1. The van der Waals surface area contributed by atoms with Crippen molar-refractivity contribution in [2.45, 2.75) is 6.61 Å². The van der Waals surface area contributed by atoms with Gasteiger partial charge in [0, 0.05) is 22.3 Å². The lowest BCUT2D eigenvalue weighted by Crippen LogP contribution is -2.14. The largest absolute Gasteiger partial charge is 0.496 e. The number of rotatable bonds is 7. The fraction of sp³-hybridized carbons (Fsp3) is 0.0870. The summed E-state index contributed by atoms with van der Waals surface area (Å²) in [6.45, 7) is 0.289. The summed E-state index contributed by atoms with van der Waals surface area (Å²) in [5.74, 6) is 0.115. The monoisotopic (exact) mass is 477 g/mol. The first-order valence-corrected chi connectivity index (χ1v) is 10.8. The van der Waals surface area contributed by atoms with Crippen LogP contribution in [0.25, 0.3) is 11.1 Å². The van der Waals surface area contributed by atoms with Crippen LogP contribution in [0.2, 0.25) is 5.02 Å². The highest BCUT2D eigenvalue weighted by Crippen LogP contribution is 2.33. The first-order valence-electron chi connectivity index (χ1n) is 9.63. The molecule has 2 aromatic heterocycles. The molecule has 0 radical (unpaired) electrons. The summed E-state index contributed by atoms with van der Waals surface area (Å²) < 4.78 is 11.1. The van der Waals surface area contributed by atoms with Crippen molar-refractivity contribution in [1.29, 1.82) is 5.26 Å².